The minimum Gasteiger partial charge on any atom is -0.454 e. The molecule has 2 aromatic rings. The number of nitrogens with zero attached hydrogens (tertiary/aromatic N) is 1. The zero-order valence-electron chi connectivity index (χ0n) is 18.1. The SMILES string of the molecule is CC(C)c1ccc(NC(=O)COC(=O)C2CC(O)CN2C(=O)Cc2ccccc2F)cc1. The zero-order chi connectivity index (χ0) is 23.3. The Kier molecular flexibility index (Phi) is 7.58. The van der Waals surface area contributed by atoms with E-state index >= 15 is 0 Å². The van der Waals surface area contributed by atoms with E-state index in [4.69, 9.17) is 4.74 Å². The van der Waals surface area contributed by atoms with E-state index in [0.29, 0.717) is 11.6 Å². The molecule has 1 aliphatic rings. The van der Waals surface area contributed by atoms with Crippen LogP contribution in [0.5, 0.6) is 0 Å². The molecule has 1 fully saturated rings. The largest absolute Gasteiger partial charge is 0.454 e. The Morgan fingerprint density at radius 1 is 1.16 bits per heavy atom. The molecular weight excluding hydrogens is 415 g/mol. The fraction of sp³-hybridized carbons (Fsp3) is 0.375. The lowest BCUT2D eigenvalue weighted by Gasteiger charge is -2.23. The smallest absolute Gasteiger partial charge is 0.329 e. The Morgan fingerprint density at radius 2 is 1.84 bits per heavy atom. The van der Waals surface area contributed by atoms with Crippen molar-refractivity contribution in [3.63, 3.8) is 0 Å². The summed E-state index contributed by atoms with van der Waals surface area (Å²) in [5, 5.41) is 12.6. The molecule has 8 heteroatoms. The Morgan fingerprint density at radius 3 is 2.50 bits per heavy atom. The lowest BCUT2D eigenvalue weighted by molar-refractivity contribution is -0.155. The van der Waals surface area contributed by atoms with Gasteiger partial charge in [-0.15, -0.1) is 0 Å². The molecule has 1 saturated heterocycles. The third-order valence-electron chi connectivity index (χ3n) is 5.38. The minimum atomic E-state index is -1.03. The standard InChI is InChI=1S/C24H27FN2O5/c1-15(2)16-7-9-18(10-8-16)26-22(29)14-32-24(31)21-12-19(28)13-27(21)23(30)11-17-5-3-4-6-20(17)25/h3-10,15,19,21,28H,11-14H2,1-2H3,(H,26,29). The fourth-order valence-corrected chi connectivity index (χ4v) is 3.60. The van der Waals surface area contributed by atoms with Gasteiger partial charge in [-0.05, 0) is 35.2 Å². The number of amides is 2. The maximum atomic E-state index is 13.9. The molecule has 2 amide bonds. The average Bonchev–Trinajstić information content (AvgIpc) is 3.16. The fourth-order valence-electron chi connectivity index (χ4n) is 3.60. The lowest BCUT2D eigenvalue weighted by atomic mass is 10.0. The first-order chi connectivity index (χ1) is 15.2. The van der Waals surface area contributed by atoms with E-state index in [2.05, 4.69) is 19.2 Å². The number of carbonyl (C=O) groups is 3. The van der Waals surface area contributed by atoms with Gasteiger partial charge in [0.2, 0.25) is 5.91 Å². The summed E-state index contributed by atoms with van der Waals surface area (Å²) in [6.07, 6.45) is -1.14. The highest BCUT2D eigenvalue weighted by atomic mass is 19.1. The molecule has 0 bridgehead atoms. The Bertz CT molecular complexity index is 977. The van der Waals surface area contributed by atoms with Crippen LogP contribution in [-0.2, 0) is 25.5 Å². The Hall–Kier alpha value is -3.26. The zero-order valence-corrected chi connectivity index (χ0v) is 18.1. The van der Waals surface area contributed by atoms with Crippen LogP contribution in [0.4, 0.5) is 10.1 Å². The minimum absolute atomic E-state index is 0.000127. The van der Waals surface area contributed by atoms with Gasteiger partial charge in [0.25, 0.3) is 5.91 Å². The van der Waals surface area contributed by atoms with E-state index in [0.717, 1.165) is 5.56 Å². The van der Waals surface area contributed by atoms with Crippen molar-refractivity contribution in [1.29, 1.82) is 0 Å². The summed E-state index contributed by atoms with van der Waals surface area (Å²) in [7, 11) is 0. The van der Waals surface area contributed by atoms with Crippen molar-refractivity contribution < 1.29 is 28.6 Å². The highest BCUT2D eigenvalue weighted by Gasteiger charge is 2.40. The monoisotopic (exact) mass is 442 g/mol. The van der Waals surface area contributed by atoms with Gasteiger partial charge in [0, 0.05) is 18.7 Å². The molecule has 1 heterocycles. The molecule has 0 aromatic heterocycles. The van der Waals surface area contributed by atoms with Crippen LogP contribution in [-0.4, -0.2) is 53.1 Å². The van der Waals surface area contributed by atoms with E-state index in [-0.39, 0.29) is 24.9 Å². The van der Waals surface area contributed by atoms with E-state index in [1.54, 1.807) is 18.2 Å². The number of likely N-dealkylation sites (tertiary alicyclic amines) is 1. The molecule has 2 atom stereocenters. The van der Waals surface area contributed by atoms with Crippen LogP contribution in [0.15, 0.2) is 48.5 Å². The highest BCUT2D eigenvalue weighted by molar-refractivity contribution is 5.93. The number of benzene rings is 2. The molecule has 32 heavy (non-hydrogen) atoms. The van der Waals surface area contributed by atoms with Gasteiger partial charge in [-0.3, -0.25) is 9.59 Å². The third kappa shape index (κ3) is 5.91. The van der Waals surface area contributed by atoms with E-state index in [1.165, 1.54) is 23.1 Å². The number of hydrogen-bond donors (Lipinski definition) is 2. The van der Waals surface area contributed by atoms with Gasteiger partial charge in [-0.2, -0.15) is 0 Å². The van der Waals surface area contributed by atoms with Crippen LogP contribution in [0.1, 0.15) is 37.3 Å². The van der Waals surface area contributed by atoms with Gasteiger partial charge in [-0.25, -0.2) is 9.18 Å². The molecule has 0 radical (unpaired) electrons. The topological polar surface area (TPSA) is 95.9 Å². The molecule has 3 rings (SSSR count). The van der Waals surface area contributed by atoms with Crippen molar-refractivity contribution in [2.24, 2.45) is 0 Å². The number of carbonyl (C=O) groups excluding carboxylic acids is 3. The Labute approximate surface area is 186 Å². The quantitative estimate of drug-likeness (QED) is 0.643. The number of β-amino-alcohol motifs (C(OH)–C–C–N with tert-alkyl or cyclic N) is 1. The second-order valence-electron chi connectivity index (χ2n) is 8.15. The molecule has 0 saturated carbocycles. The van der Waals surface area contributed by atoms with E-state index in [1.807, 2.05) is 12.1 Å². The number of rotatable bonds is 7. The molecule has 2 N–H and O–H groups in total. The van der Waals surface area contributed by atoms with Crippen LogP contribution in [0.25, 0.3) is 0 Å². The van der Waals surface area contributed by atoms with Crippen molar-refractivity contribution in [1.82, 2.24) is 4.90 Å². The number of esters is 1. The van der Waals surface area contributed by atoms with Crippen molar-refractivity contribution in [2.45, 2.75) is 44.8 Å². The summed E-state index contributed by atoms with van der Waals surface area (Å²) in [5.41, 5.74) is 1.91. The van der Waals surface area contributed by atoms with Gasteiger partial charge in [0.1, 0.15) is 11.9 Å². The third-order valence-corrected chi connectivity index (χ3v) is 5.38. The van der Waals surface area contributed by atoms with Gasteiger partial charge in [0.05, 0.1) is 12.5 Å². The van der Waals surface area contributed by atoms with Crippen molar-refractivity contribution >= 4 is 23.5 Å². The maximum Gasteiger partial charge on any atom is 0.329 e. The van der Waals surface area contributed by atoms with Gasteiger partial charge in [0.15, 0.2) is 6.61 Å². The molecule has 0 spiro atoms. The van der Waals surface area contributed by atoms with Gasteiger partial charge >= 0.3 is 5.97 Å². The average molecular weight is 442 g/mol. The maximum absolute atomic E-state index is 13.9. The lowest BCUT2D eigenvalue weighted by Crippen LogP contribution is -2.43. The predicted octanol–water partition coefficient (Wildman–Crippen LogP) is 2.64. The molecule has 7 nitrogen and oxygen atoms in total. The molecule has 2 unspecified atom stereocenters. The molecule has 2 aromatic carbocycles. The molecule has 0 aliphatic carbocycles. The second-order valence-corrected chi connectivity index (χ2v) is 8.15. The number of aliphatic hydroxyl groups is 1. The second kappa shape index (κ2) is 10.4. The number of nitrogens with one attached hydrogen (secondary N) is 1. The summed E-state index contributed by atoms with van der Waals surface area (Å²) in [6, 6.07) is 12.2. The van der Waals surface area contributed by atoms with Crippen molar-refractivity contribution in [3.8, 4) is 0 Å². The summed E-state index contributed by atoms with van der Waals surface area (Å²) in [4.78, 5) is 38.5. The van der Waals surface area contributed by atoms with Gasteiger partial charge < -0.3 is 20.1 Å². The predicted molar refractivity (Wildman–Crippen MR) is 116 cm³/mol. The van der Waals surface area contributed by atoms with Crippen LogP contribution < -0.4 is 5.32 Å². The number of hydrogen-bond acceptors (Lipinski definition) is 5. The summed E-state index contributed by atoms with van der Waals surface area (Å²) < 4.78 is 19.0. The highest BCUT2D eigenvalue weighted by Crippen LogP contribution is 2.21. The number of ether oxygens (including phenoxy) is 1. The summed E-state index contributed by atoms with van der Waals surface area (Å²) in [6.45, 7) is 3.56. The normalized spacial score (nSPS) is 18.0. The summed E-state index contributed by atoms with van der Waals surface area (Å²) in [5.74, 6) is -1.94. The number of halogens is 1. The van der Waals surface area contributed by atoms with Crippen molar-refractivity contribution in [3.05, 3.63) is 65.5 Å². The molecule has 1 aliphatic heterocycles. The van der Waals surface area contributed by atoms with Crippen LogP contribution in [0.2, 0.25) is 0 Å². The van der Waals surface area contributed by atoms with Crippen LogP contribution >= 0.6 is 0 Å². The van der Waals surface area contributed by atoms with Crippen molar-refractivity contribution in [2.75, 3.05) is 18.5 Å². The molecule has 170 valence electrons. The van der Waals surface area contributed by atoms with E-state index in [9.17, 15) is 23.9 Å². The Balaban J connectivity index is 1.55. The first-order valence-electron chi connectivity index (χ1n) is 10.5. The van der Waals surface area contributed by atoms with Crippen LogP contribution in [0, 0.1) is 5.82 Å². The number of anilines is 1. The first-order valence-corrected chi connectivity index (χ1v) is 10.5. The summed E-state index contributed by atoms with van der Waals surface area (Å²) >= 11 is 0. The van der Waals surface area contributed by atoms with Crippen LogP contribution in [0.3, 0.4) is 0 Å². The number of aliphatic hydroxyl groups excluding tert-OH is 1. The van der Waals surface area contributed by atoms with E-state index < -0.39 is 42.4 Å². The van der Waals surface area contributed by atoms with Gasteiger partial charge in [-0.1, -0.05) is 44.2 Å². The first kappa shape index (κ1) is 23.4. The molecular formula is C24H27FN2O5.